The van der Waals surface area contributed by atoms with Crippen molar-refractivity contribution in [2.75, 3.05) is 5.43 Å². The van der Waals surface area contributed by atoms with Gasteiger partial charge in [-0.2, -0.15) is 10.2 Å². The van der Waals surface area contributed by atoms with E-state index in [1.54, 1.807) is 6.20 Å². The van der Waals surface area contributed by atoms with Gasteiger partial charge in [0.1, 0.15) is 0 Å². The Morgan fingerprint density at radius 1 is 1.31 bits per heavy atom. The Labute approximate surface area is 93.4 Å². The normalized spacial score (nSPS) is 15.8. The molecule has 4 heteroatoms. The minimum Gasteiger partial charge on any atom is -0.260 e. The monoisotopic (exact) mass is 212 g/mol. The summed E-state index contributed by atoms with van der Waals surface area (Å²) in [5, 5.41) is 14.3. The summed E-state index contributed by atoms with van der Waals surface area (Å²) in [6.45, 7) is 0. The summed E-state index contributed by atoms with van der Waals surface area (Å²) in [6.07, 6.45) is 6.22. The van der Waals surface area contributed by atoms with Gasteiger partial charge in [-0.15, -0.1) is 5.10 Å². The highest BCUT2D eigenvalue weighted by Crippen LogP contribution is 2.26. The Bertz CT molecular complexity index is 526. The summed E-state index contributed by atoms with van der Waals surface area (Å²) >= 11 is 0. The van der Waals surface area contributed by atoms with Gasteiger partial charge in [0.05, 0.1) is 6.20 Å². The molecule has 0 aliphatic heterocycles. The van der Waals surface area contributed by atoms with Gasteiger partial charge in [0.2, 0.25) is 0 Å². The first-order valence-corrected chi connectivity index (χ1v) is 5.43. The molecular formula is C12H12N4. The van der Waals surface area contributed by atoms with Crippen LogP contribution in [-0.4, -0.2) is 16.4 Å². The van der Waals surface area contributed by atoms with Crippen LogP contribution in [0.25, 0.3) is 10.8 Å². The molecule has 0 atom stereocenters. The van der Waals surface area contributed by atoms with E-state index in [2.05, 4.69) is 20.7 Å². The van der Waals surface area contributed by atoms with E-state index in [1.165, 1.54) is 12.8 Å². The number of aromatic nitrogens is 2. The smallest absolute Gasteiger partial charge is 0.176 e. The molecule has 1 aromatic carbocycles. The van der Waals surface area contributed by atoms with E-state index >= 15 is 0 Å². The third-order valence-electron chi connectivity index (χ3n) is 2.65. The van der Waals surface area contributed by atoms with Crippen molar-refractivity contribution < 1.29 is 0 Å². The van der Waals surface area contributed by atoms with Crippen LogP contribution in [0.15, 0.2) is 35.6 Å². The number of nitrogens with one attached hydrogen (secondary N) is 1. The number of fused-ring (bicyclic) bond motifs is 1. The fraction of sp³-hybridized carbons (Fsp3) is 0.250. The molecule has 0 bridgehead atoms. The molecule has 80 valence electrons. The lowest BCUT2D eigenvalue weighted by Crippen LogP contribution is -1.96. The summed E-state index contributed by atoms with van der Waals surface area (Å²) in [4.78, 5) is 0. The molecule has 0 amide bonds. The van der Waals surface area contributed by atoms with Gasteiger partial charge in [0.15, 0.2) is 5.82 Å². The average molecular weight is 212 g/mol. The van der Waals surface area contributed by atoms with Crippen LogP contribution in [0, 0.1) is 5.92 Å². The number of rotatable bonds is 3. The zero-order valence-electron chi connectivity index (χ0n) is 8.80. The molecule has 0 saturated heterocycles. The molecule has 16 heavy (non-hydrogen) atoms. The Hall–Kier alpha value is -1.97. The molecular weight excluding hydrogens is 200 g/mol. The zero-order valence-corrected chi connectivity index (χ0v) is 8.80. The topological polar surface area (TPSA) is 50.2 Å². The number of hydrogen-bond donors (Lipinski definition) is 1. The second-order valence-corrected chi connectivity index (χ2v) is 4.01. The van der Waals surface area contributed by atoms with Crippen molar-refractivity contribution in [2.24, 2.45) is 11.0 Å². The molecule has 0 unspecified atom stereocenters. The minimum absolute atomic E-state index is 0.662. The van der Waals surface area contributed by atoms with Crippen LogP contribution >= 0.6 is 0 Å². The number of benzene rings is 1. The zero-order chi connectivity index (χ0) is 10.8. The third-order valence-corrected chi connectivity index (χ3v) is 2.65. The largest absolute Gasteiger partial charge is 0.260 e. The molecule has 1 aromatic heterocycles. The van der Waals surface area contributed by atoms with E-state index < -0.39 is 0 Å². The second-order valence-electron chi connectivity index (χ2n) is 4.01. The molecule has 1 aliphatic carbocycles. The molecule has 1 N–H and O–H groups in total. The molecule has 0 spiro atoms. The van der Waals surface area contributed by atoms with Crippen molar-refractivity contribution in [1.82, 2.24) is 10.2 Å². The first-order chi connectivity index (χ1) is 7.93. The van der Waals surface area contributed by atoms with Crippen molar-refractivity contribution in [3.8, 4) is 0 Å². The predicted octanol–water partition coefficient (Wildman–Crippen LogP) is 2.44. The quantitative estimate of drug-likeness (QED) is 0.628. The Kier molecular flexibility index (Phi) is 2.25. The van der Waals surface area contributed by atoms with Crippen molar-refractivity contribution in [3.05, 3.63) is 30.5 Å². The van der Waals surface area contributed by atoms with Crippen LogP contribution in [0.2, 0.25) is 0 Å². The SMILES string of the molecule is C(=N\Nc1nncc2ccccc12)/C1CC1. The lowest BCUT2D eigenvalue weighted by Gasteiger charge is -2.02. The van der Waals surface area contributed by atoms with Crippen molar-refractivity contribution >= 4 is 22.8 Å². The van der Waals surface area contributed by atoms with E-state index in [0.29, 0.717) is 5.92 Å². The van der Waals surface area contributed by atoms with Crippen molar-refractivity contribution in [2.45, 2.75) is 12.8 Å². The number of hydrogen-bond acceptors (Lipinski definition) is 4. The highest BCUT2D eigenvalue weighted by atomic mass is 15.3. The van der Waals surface area contributed by atoms with Crippen molar-refractivity contribution in [1.29, 1.82) is 0 Å². The first kappa shape index (κ1) is 9.27. The van der Waals surface area contributed by atoms with Gasteiger partial charge in [-0.3, -0.25) is 5.43 Å². The second kappa shape index (κ2) is 3.89. The van der Waals surface area contributed by atoms with Crippen LogP contribution in [0.5, 0.6) is 0 Å². The first-order valence-electron chi connectivity index (χ1n) is 5.43. The fourth-order valence-corrected chi connectivity index (χ4v) is 1.56. The van der Waals surface area contributed by atoms with Gasteiger partial charge < -0.3 is 0 Å². The molecule has 1 heterocycles. The van der Waals surface area contributed by atoms with Crippen LogP contribution in [0.1, 0.15) is 12.8 Å². The van der Waals surface area contributed by atoms with Crippen LogP contribution in [0.4, 0.5) is 5.82 Å². The van der Waals surface area contributed by atoms with Crippen LogP contribution in [-0.2, 0) is 0 Å². The Morgan fingerprint density at radius 3 is 3.06 bits per heavy atom. The molecule has 1 saturated carbocycles. The van der Waals surface area contributed by atoms with E-state index in [1.807, 2.05) is 30.5 Å². The molecule has 1 fully saturated rings. The highest BCUT2D eigenvalue weighted by Gasteiger charge is 2.18. The van der Waals surface area contributed by atoms with Crippen molar-refractivity contribution in [3.63, 3.8) is 0 Å². The van der Waals surface area contributed by atoms with E-state index in [9.17, 15) is 0 Å². The van der Waals surface area contributed by atoms with E-state index in [-0.39, 0.29) is 0 Å². The lowest BCUT2D eigenvalue weighted by atomic mass is 10.2. The molecule has 2 aromatic rings. The van der Waals surface area contributed by atoms with Gasteiger partial charge in [-0.25, -0.2) is 0 Å². The van der Waals surface area contributed by atoms with Gasteiger partial charge in [-0.1, -0.05) is 24.3 Å². The fourth-order valence-electron chi connectivity index (χ4n) is 1.56. The van der Waals surface area contributed by atoms with E-state index in [0.717, 1.165) is 16.6 Å². The standard InChI is InChI=1S/C12H12N4/c1-2-4-11-10(3-1)8-14-16-12(11)15-13-7-9-5-6-9/h1-4,7-9H,5-6H2,(H,15,16)/b13-7+. The van der Waals surface area contributed by atoms with Gasteiger partial charge in [0.25, 0.3) is 0 Å². The average Bonchev–Trinajstić information content (AvgIpc) is 3.13. The van der Waals surface area contributed by atoms with Gasteiger partial charge in [0, 0.05) is 17.0 Å². The minimum atomic E-state index is 0.662. The molecule has 1 aliphatic rings. The number of hydrazone groups is 1. The Morgan fingerprint density at radius 2 is 2.19 bits per heavy atom. The third kappa shape index (κ3) is 1.86. The Balaban J connectivity index is 1.89. The highest BCUT2D eigenvalue weighted by molar-refractivity contribution is 5.90. The van der Waals surface area contributed by atoms with Gasteiger partial charge >= 0.3 is 0 Å². The summed E-state index contributed by atoms with van der Waals surface area (Å²) < 4.78 is 0. The maximum atomic E-state index is 4.18. The number of nitrogens with zero attached hydrogens (tertiary/aromatic N) is 3. The maximum Gasteiger partial charge on any atom is 0.176 e. The maximum absolute atomic E-state index is 4.18. The van der Waals surface area contributed by atoms with Crippen LogP contribution in [0.3, 0.4) is 0 Å². The summed E-state index contributed by atoms with van der Waals surface area (Å²) in [6, 6.07) is 8.00. The summed E-state index contributed by atoms with van der Waals surface area (Å²) in [5.41, 5.74) is 2.95. The number of anilines is 1. The van der Waals surface area contributed by atoms with Crippen LogP contribution < -0.4 is 5.43 Å². The molecule has 3 rings (SSSR count). The molecule has 4 nitrogen and oxygen atoms in total. The predicted molar refractivity (Wildman–Crippen MR) is 64.4 cm³/mol. The summed E-state index contributed by atoms with van der Waals surface area (Å²) in [5.74, 6) is 1.38. The van der Waals surface area contributed by atoms with Gasteiger partial charge in [-0.05, 0) is 18.8 Å². The lowest BCUT2D eigenvalue weighted by molar-refractivity contribution is 1.04. The van der Waals surface area contributed by atoms with E-state index in [4.69, 9.17) is 0 Å². The molecule has 0 radical (unpaired) electrons. The summed E-state index contributed by atoms with van der Waals surface area (Å²) in [7, 11) is 0.